The highest BCUT2D eigenvalue weighted by atomic mass is 35.5. The van der Waals surface area contributed by atoms with Crippen LogP contribution in [0.5, 0.6) is 5.75 Å². The molecule has 0 radical (unpaired) electrons. The van der Waals surface area contributed by atoms with Gasteiger partial charge in [-0.3, -0.25) is 0 Å². The summed E-state index contributed by atoms with van der Waals surface area (Å²) in [6.45, 7) is 5.41. The van der Waals surface area contributed by atoms with Crippen molar-refractivity contribution in [2.75, 3.05) is 23.3 Å². The molecule has 0 saturated carbocycles. The molecular weight excluding hydrogens is 427 g/mol. The Morgan fingerprint density at radius 3 is 2.91 bits per heavy atom. The molecule has 2 aromatic heterocycles. The summed E-state index contributed by atoms with van der Waals surface area (Å²) in [6.07, 6.45) is 4.57. The van der Waals surface area contributed by atoms with Crippen molar-refractivity contribution in [3.63, 3.8) is 0 Å². The van der Waals surface area contributed by atoms with Crippen LogP contribution in [0.4, 0.5) is 21.6 Å². The van der Waals surface area contributed by atoms with Gasteiger partial charge in [0.1, 0.15) is 23.5 Å². The number of fused-ring (bicyclic) bond motifs is 1. The molecule has 0 spiro atoms. The fourth-order valence-corrected chi connectivity index (χ4v) is 4.49. The van der Waals surface area contributed by atoms with Crippen LogP contribution in [0.2, 0.25) is 5.02 Å². The largest absolute Gasteiger partial charge is 0.488 e. The third kappa shape index (κ3) is 3.98. The minimum atomic E-state index is -0.240. The number of anilines is 3. The molecule has 32 heavy (non-hydrogen) atoms. The van der Waals surface area contributed by atoms with Gasteiger partial charge < -0.3 is 19.9 Å². The van der Waals surface area contributed by atoms with Crippen LogP contribution >= 0.6 is 11.6 Å². The first-order chi connectivity index (χ1) is 15.5. The first-order valence-electron chi connectivity index (χ1n) is 10.6. The maximum atomic E-state index is 13.8. The highest BCUT2D eigenvalue weighted by Gasteiger charge is 2.26. The van der Waals surface area contributed by atoms with E-state index < -0.39 is 0 Å². The number of nitrogens with zero attached hydrogens (tertiary/aromatic N) is 2. The van der Waals surface area contributed by atoms with Crippen molar-refractivity contribution in [1.82, 2.24) is 9.97 Å². The molecule has 1 fully saturated rings. The van der Waals surface area contributed by atoms with Crippen LogP contribution in [-0.2, 0) is 0 Å². The minimum Gasteiger partial charge on any atom is -0.488 e. The Kier molecular flexibility index (Phi) is 5.39. The van der Waals surface area contributed by atoms with Gasteiger partial charge >= 0.3 is 0 Å². The third-order valence-electron chi connectivity index (χ3n) is 5.99. The highest BCUT2D eigenvalue weighted by molar-refractivity contribution is 6.35. The number of hydrogen-bond acceptors (Lipinski definition) is 4. The van der Waals surface area contributed by atoms with Crippen LogP contribution in [0.1, 0.15) is 17.5 Å². The van der Waals surface area contributed by atoms with Gasteiger partial charge in [0.05, 0.1) is 11.6 Å². The molecule has 2 N–H and O–H groups in total. The van der Waals surface area contributed by atoms with Gasteiger partial charge in [0.2, 0.25) is 0 Å². The lowest BCUT2D eigenvalue weighted by Gasteiger charge is -2.22. The van der Waals surface area contributed by atoms with Gasteiger partial charge in [-0.1, -0.05) is 17.7 Å². The number of aromatic amines is 1. The van der Waals surface area contributed by atoms with E-state index in [0.29, 0.717) is 16.3 Å². The number of hydrogen-bond donors (Lipinski definition) is 2. The molecule has 0 aliphatic carbocycles. The van der Waals surface area contributed by atoms with Gasteiger partial charge in [0.25, 0.3) is 0 Å². The zero-order chi connectivity index (χ0) is 22.2. The second-order valence-electron chi connectivity index (χ2n) is 8.21. The average Bonchev–Trinajstić information content (AvgIpc) is 3.42. The summed E-state index contributed by atoms with van der Waals surface area (Å²) in [5.74, 6) is 1.12. The summed E-state index contributed by atoms with van der Waals surface area (Å²) in [4.78, 5) is 10.0. The molecule has 1 atom stereocenters. The molecule has 1 aliphatic heterocycles. The smallest absolute Gasteiger partial charge is 0.135 e. The van der Waals surface area contributed by atoms with E-state index in [1.165, 1.54) is 6.07 Å². The number of aryl methyl sites for hydroxylation is 1. The Bertz CT molecular complexity index is 1290. The summed E-state index contributed by atoms with van der Waals surface area (Å²) >= 11 is 6.42. The van der Waals surface area contributed by atoms with Crippen molar-refractivity contribution in [3.05, 3.63) is 76.8 Å². The maximum Gasteiger partial charge on any atom is 0.135 e. The lowest BCUT2D eigenvalue weighted by atomic mass is 10.2. The van der Waals surface area contributed by atoms with E-state index in [9.17, 15) is 4.39 Å². The number of benzene rings is 2. The number of halogens is 2. The second-order valence-corrected chi connectivity index (χ2v) is 8.62. The van der Waals surface area contributed by atoms with E-state index in [0.717, 1.165) is 53.2 Å². The van der Waals surface area contributed by atoms with Gasteiger partial charge in [-0.2, -0.15) is 0 Å². The van der Waals surface area contributed by atoms with E-state index in [1.807, 2.05) is 42.7 Å². The third-order valence-corrected chi connectivity index (χ3v) is 6.30. The molecule has 164 valence electrons. The Balaban J connectivity index is 1.32. The van der Waals surface area contributed by atoms with E-state index in [1.54, 1.807) is 13.0 Å². The molecule has 7 heteroatoms. The molecule has 1 unspecified atom stereocenters. The van der Waals surface area contributed by atoms with Crippen molar-refractivity contribution < 1.29 is 9.13 Å². The first kappa shape index (κ1) is 20.6. The van der Waals surface area contributed by atoms with Crippen molar-refractivity contribution >= 4 is 39.7 Å². The van der Waals surface area contributed by atoms with Crippen LogP contribution in [0, 0.1) is 19.7 Å². The minimum absolute atomic E-state index is 0.00942. The van der Waals surface area contributed by atoms with Gasteiger partial charge in [0.15, 0.2) is 0 Å². The normalized spacial score (nSPS) is 16.0. The average molecular weight is 451 g/mol. The Labute approximate surface area is 191 Å². The monoisotopic (exact) mass is 450 g/mol. The van der Waals surface area contributed by atoms with Crippen LogP contribution in [0.25, 0.3) is 10.9 Å². The van der Waals surface area contributed by atoms with Crippen molar-refractivity contribution in [1.29, 1.82) is 0 Å². The SMILES string of the molecule is Cc1ccc(OC2CCN(c3ccnc(Nc4cc(Cl)c5cc[nH]c5c4)c3C)C2)cc1F. The number of ether oxygens (including phenoxy) is 1. The second kappa shape index (κ2) is 8.36. The summed E-state index contributed by atoms with van der Waals surface area (Å²) in [6, 6.07) is 13.0. The van der Waals surface area contributed by atoms with E-state index in [2.05, 4.69) is 27.1 Å². The zero-order valence-corrected chi connectivity index (χ0v) is 18.7. The van der Waals surface area contributed by atoms with E-state index >= 15 is 0 Å². The summed E-state index contributed by atoms with van der Waals surface area (Å²) in [5, 5.41) is 5.09. The van der Waals surface area contributed by atoms with Gasteiger partial charge in [-0.05, 0) is 49.7 Å². The molecule has 2 aromatic carbocycles. The van der Waals surface area contributed by atoms with Crippen LogP contribution in [0.3, 0.4) is 0 Å². The summed E-state index contributed by atoms with van der Waals surface area (Å²) in [7, 11) is 0. The lowest BCUT2D eigenvalue weighted by Crippen LogP contribution is -2.25. The van der Waals surface area contributed by atoms with E-state index in [4.69, 9.17) is 16.3 Å². The molecule has 1 aliphatic rings. The summed E-state index contributed by atoms with van der Waals surface area (Å²) < 4.78 is 19.9. The first-order valence-corrected chi connectivity index (χ1v) is 11.0. The number of aromatic nitrogens is 2. The van der Waals surface area contributed by atoms with Gasteiger partial charge in [-0.15, -0.1) is 0 Å². The molecule has 5 nitrogen and oxygen atoms in total. The highest BCUT2D eigenvalue weighted by Crippen LogP contribution is 2.33. The Morgan fingerprint density at radius 1 is 1.19 bits per heavy atom. The topological polar surface area (TPSA) is 53.2 Å². The molecule has 1 saturated heterocycles. The van der Waals surface area contributed by atoms with Crippen molar-refractivity contribution in [2.45, 2.75) is 26.4 Å². The molecule has 0 bridgehead atoms. The molecular formula is C25H24ClFN4O. The van der Waals surface area contributed by atoms with E-state index in [-0.39, 0.29) is 11.9 Å². The molecule has 0 amide bonds. The number of nitrogens with one attached hydrogen (secondary N) is 2. The summed E-state index contributed by atoms with van der Waals surface area (Å²) in [5.41, 5.74) is 4.63. The maximum absolute atomic E-state index is 13.8. The number of pyridine rings is 1. The van der Waals surface area contributed by atoms with Crippen molar-refractivity contribution in [2.24, 2.45) is 0 Å². The van der Waals surface area contributed by atoms with Gasteiger partial charge in [0, 0.05) is 59.3 Å². The van der Waals surface area contributed by atoms with Crippen LogP contribution < -0.4 is 15.0 Å². The van der Waals surface area contributed by atoms with Crippen molar-refractivity contribution in [3.8, 4) is 5.75 Å². The predicted octanol–water partition coefficient (Wildman–Crippen LogP) is 6.37. The number of rotatable bonds is 5. The zero-order valence-electron chi connectivity index (χ0n) is 18.0. The Hall–Kier alpha value is -3.25. The van der Waals surface area contributed by atoms with Gasteiger partial charge in [-0.25, -0.2) is 9.37 Å². The molecule has 3 heterocycles. The quantitative estimate of drug-likeness (QED) is 0.370. The van der Waals surface area contributed by atoms with Crippen LogP contribution in [0.15, 0.2) is 54.9 Å². The number of H-pyrrole nitrogens is 1. The predicted molar refractivity (Wildman–Crippen MR) is 128 cm³/mol. The van der Waals surface area contributed by atoms with Crippen LogP contribution in [-0.4, -0.2) is 29.2 Å². The fourth-order valence-electron chi connectivity index (χ4n) is 4.21. The lowest BCUT2D eigenvalue weighted by molar-refractivity contribution is 0.224. The Morgan fingerprint density at radius 2 is 2.06 bits per heavy atom. The molecule has 4 aromatic rings. The standard InChI is InChI=1S/C25H24ClFN4O/c1-15-3-4-18(13-22(15)27)32-19-7-10-31(14-19)24-6-9-29-25(16(24)2)30-17-11-21(26)20-5-8-28-23(20)12-17/h3-6,8-9,11-13,19,28H,7,10,14H2,1-2H3,(H,29,30). The fraction of sp³-hybridized carbons (Fsp3) is 0.240. The molecule has 5 rings (SSSR count).